The molecule has 0 aromatic carbocycles. The maximum atomic E-state index is 11.7. The third-order valence-corrected chi connectivity index (χ3v) is 5.19. The first-order chi connectivity index (χ1) is 12.5. The fourth-order valence-corrected chi connectivity index (χ4v) is 3.82. The highest BCUT2D eigenvalue weighted by molar-refractivity contribution is 14.0. The minimum Gasteiger partial charge on any atom is -0.357 e. The Kier molecular flexibility index (Phi) is 11.0. The molecule has 154 valence electrons. The van der Waals surface area contributed by atoms with Crippen molar-refractivity contribution in [2.75, 3.05) is 19.6 Å². The average molecular weight is 488 g/mol. The highest BCUT2D eigenvalue weighted by Crippen LogP contribution is 2.46. The van der Waals surface area contributed by atoms with Gasteiger partial charge in [0.05, 0.1) is 0 Å². The molecule has 0 radical (unpaired) electrons. The van der Waals surface area contributed by atoms with E-state index in [0.717, 1.165) is 50.9 Å². The minimum atomic E-state index is 0. The van der Waals surface area contributed by atoms with Gasteiger partial charge in [-0.1, -0.05) is 26.3 Å². The van der Waals surface area contributed by atoms with Crippen molar-refractivity contribution in [3.63, 3.8) is 0 Å². The highest BCUT2D eigenvalue weighted by Gasteiger charge is 2.37. The summed E-state index contributed by atoms with van der Waals surface area (Å²) in [6.07, 6.45) is 9.12. The molecule has 0 atom stereocenters. The van der Waals surface area contributed by atoms with Crippen molar-refractivity contribution in [1.29, 1.82) is 0 Å². The van der Waals surface area contributed by atoms with Gasteiger partial charge in [0, 0.05) is 38.4 Å². The van der Waals surface area contributed by atoms with Crippen molar-refractivity contribution in [2.45, 2.75) is 65.8 Å². The van der Waals surface area contributed by atoms with Crippen LogP contribution in [0.5, 0.6) is 0 Å². The molecule has 0 unspecified atom stereocenters. The summed E-state index contributed by atoms with van der Waals surface area (Å²) >= 11 is 0. The Bertz CT molecular complexity index is 623. The van der Waals surface area contributed by atoms with Gasteiger partial charge in [-0.15, -0.1) is 24.0 Å². The van der Waals surface area contributed by atoms with Gasteiger partial charge in [-0.3, -0.25) is 9.79 Å². The second kappa shape index (κ2) is 12.4. The van der Waals surface area contributed by atoms with E-state index in [4.69, 9.17) is 4.99 Å². The van der Waals surface area contributed by atoms with Gasteiger partial charge in [-0.25, -0.2) is 0 Å². The number of rotatable bonds is 10. The normalized spacial score (nSPS) is 15.8. The first kappa shape index (κ1) is 24.0. The topological polar surface area (TPSA) is 58.4 Å². The number of pyridine rings is 1. The number of nitrogens with one attached hydrogen (secondary N) is 2. The molecule has 2 rings (SSSR count). The van der Waals surface area contributed by atoms with Gasteiger partial charge in [0.2, 0.25) is 5.56 Å². The van der Waals surface area contributed by atoms with E-state index in [-0.39, 0.29) is 29.5 Å². The molecule has 1 heterocycles. The van der Waals surface area contributed by atoms with Crippen LogP contribution in [0.3, 0.4) is 0 Å². The van der Waals surface area contributed by atoms with Crippen LogP contribution < -0.4 is 16.2 Å². The predicted molar refractivity (Wildman–Crippen MR) is 125 cm³/mol. The number of hydrogen-bond acceptors (Lipinski definition) is 2. The monoisotopic (exact) mass is 488 g/mol. The van der Waals surface area contributed by atoms with Crippen LogP contribution in [0, 0.1) is 11.3 Å². The summed E-state index contributed by atoms with van der Waals surface area (Å²) in [5.74, 6) is 1.67. The Morgan fingerprint density at radius 2 is 2.04 bits per heavy atom. The fraction of sp³-hybridized carbons (Fsp3) is 0.714. The molecule has 1 fully saturated rings. The maximum Gasteiger partial charge on any atom is 0.250 e. The van der Waals surface area contributed by atoms with E-state index in [1.165, 1.54) is 25.7 Å². The number of guanidine groups is 1. The third-order valence-electron chi connectivity index (χ3n) is 5.19. The summed E-state index contributed by atoms with van der Waals surface area (Å²) in [5.41, 5.74) is 0.511. The van der Waals surface area contributed by atoms with E-state index in [9.17, 15) is 4.79 Å². The molecular weight excluding hydrogens is 451 g/mol. The van der Waals surface area contributed by atoms with Crippen LogP contribution in [0.15, 0.2) is 34.2 Å². The van der Waals surface area contributed by atoms with Crippen molar-refractivity contribution in [3.8, 4) is 0 Å². The zero-order valence-electron chi connectivity index (χ0n) is 17.2. The Morgan fingerprint density at radius 3 is 2.63 bits per heavy atom. The molecule has 1 aliphatic carbocycles. The van der Waals surface area contributed by atoms with Crippen molar-refractivity contribution < 1.29 is 0 Å². The van der Waals surface area contributed by atoms with Crippen LogP contribution in [-0.2, 0) is 6.54 Å². The van der Waals surface area contributed by atoms with Gasteiger partial charge >= 0.3 is 0 Å². The van der Waals surface area contributed by atoms with Crippen molar-refractivity contribution in [2.24, 2.45) is 16.3 Å². The standard InChI is InChI=1S/C21H36N4O.HI/c1-4-22-20(24-17-21(11-9-12-21)16-18(2)3)23-13-6-8-15-25-14-7-5-10-19(25)26;/h5,7,10,14,18H,4,6,8-9,11-13,15-17H2,1-3H3,(H2,22,23,24);1H. The molecule has 0 aliphatic heterocycles. The summed E-state index contributed by atoms with van der Waals surface area (Å²) in [7, 11) is 0. The Morgan fingerprint density at radius 1 is 1.26 bits per heavy atom. The lowest BCUT2D eigenvalue weighted by atomic mass is 9.64. The van der Waals surface area contributed by atoms with Crippen molar-refractivity contribution in [1.82, 2.24) is 15.2 Å². The van der Waals surface area contributed by atoms with E-state index in [0.29, 0.717) is 5.41 Å². The van der Waals surface area contributed by atoms with Gasteiger partial charge in [0.1, 0.15) is 0 Å². The van der Waals surface area contributed by atoms with E-state index < -0.39 is 0 Å². The first-order valence-corrected chi connectivity index (χ1v) is 10.2. The molecule has 27 heavy (non-hydrogen) atoms. The molecule has 0 saturated heterocycles. The zero-order valence-corrected chi connectivity index (χ0v) is 19.5. The molecule has 6 heteroatoms. The van der Waals surface area contributed by atoms with Gasteiger partial charge < -0.3 is 15.2 Å². The lowest BCUT2D eigenvalue weighted by molar-refractivity contribution is 0.111. The fourth-order valence-electron chi connectivity index (χ4n) is 3.82. The summed E-state index contributed by atoms with van der Waals surface area (Å²) in [4.78, 5) is 16.6. The van der Waals surface area contributed by atoms with Crippen molar-refractivity contribution >= 4 is 29.9 Å². The summed E-state index contributed by atoms with van der Waals surface area (Å²) in [6, 6.07) is 5.30. The molecule has 1 saturated carbocycles. The van der Waals surface area contributed by atoms with Gasteiger partial charge in [-0.2, -0.15) is 0 Å². The SMILES string of the molecule is CCNC(=NCC1(CC(C)C)CCC1)NCCCCn1ccccc1=O.I. The molecule has 0 bridgehead atoms. The Labute approximate surface area is 181 Å². The van der Waals surface area contributed by atoms with Crippen LogP contribution in [0.4, 0.5) is 0 Å². The van der Waals surface area contributed by atoms with Crippen LogP contribution in [0.25, 0.3) is 0 Å². The lowest BCUT2D eigenvalue weighted by Crippen LogP contribution is -2.40. The second-order valence-corrected chi connectivity index (χ2v) is 8.01. The Hall–Kier alpha value is -1.05. The molecule has 1 aromatic heterocycles. The predicted octanol–water partition coefficient (Wildman–Crippen LogP) is 4.02. The summed E-state index contributed by atoms with van der Waals surface area (Å²) in [6.45, 7) is 10.2. The summed E-state index contributed by atoms with van der Waals surface area (Å²) < 4.78 is 1.77. The van der Waals surface area contributed by atoms with E-state index in [1.54, 1.807) is 16.7 Å². The van der Waals surface area contributed by atoms with Crippen LogP contribution >= 0.6 is 24.0 Å². The lowest BCUT2D eigenvalue weighted by Gasteiger charge is -2.42. The highest BCUT2D eigenvalue weighted by atomic mass is 127. The molecule has 0 amide bonds. The van der Waals surface area contributed by atoms with Crippen molar-refractivity contribution in [3.05, 3.63) is 34.7 Å². The Balaban J connectivity index is 0.00000364. The van der Waals surface area contributed by atoms with Gasteiger partial charge in [0.15, 0.2) is 5.96 Å². The second-order valence-electron chi connectivity index (χ2n) is 8.01. The third kappa shape index (κ3) is 8.23. The van der Waals surface area contributed by atoms with E-state index >= 15 is 0 Å². The maximum absolute atomic E-state index is 11.7. The first-order valence-electron chi connectivity index (χ1n) is 10.2. The number of halogens is 1. The number of aryl methyl sites for hydroxylation is 1. The van der Waals surface area contributed by atoms with Gasteiger partial charge in [-0.05, 0) is 56.4 Å². The number of nitrogens with zero attached hydrogens (tertiary/aromatic N) is 2. The largest absolute Gasteiger partial charge is 0.357 e. The van der Waals surface area contributed by atoms with Crippen LogP contribution in [0.2, 0.25) is 0 Å². The quantitative estimate of drug-likeness (QED) is 0.227. The number of unbranched alkanes of at least 4 members (excludes halogenated alkanes) is 1. The molecule has 1 aromatic rings. The molecule has 5 nitrogen and oxygen atoms in total. The molecule has 2 N–H and O–H groups in total. The smallest absolute Gasteiger partial charge is 0.250 e. The number of aromatic nitrogens is 1. The molecule has 1 aliphatic rings. The van der Waals surface area contributed by atoms with E-state index in [2.05, 4.69) is 31.4 Å². The van der Waals surface area contributed by atoms with Crippen LogP contribution in [0.1, 0.15) is 59.3 Å². The number of aliphatic imine (C=N–C) groups is 1. The number of hydrogen-bond donors (Lipinski definition) is 2. The van der Waals surface area contributed by atoms with Gasteiger partial charge in [0.25, 0.3) is 0 Å². The molecule has 0 spiro atoms. The minimum absolute atomic E-state index is 0. The van der Waals surface area contributed by atoms with E-state index in [1.807, 2.05) is 12.3 Å². The zero-order chi connectivity index (χ0) is 18.8. The molecular formula is C21H37IN4O. The summed E-state index contributed by atoms with van der Waals surface area (Å²) in [5, 5.41) is 6.81. The van der Waals surface area contributed by atoms with Crippen LogP contribution in [-0.4, -0.2) is 30.2 Å². The average Bonchev–Trinajstić information content (AvgIpc) is 2.57.